The van der Waals surface area contributed by atoms with Crippen molar-refractivity contribution in [1.29, 1.82) is 0 Å². The van der Waals surface area contributed by atoms with Crippen LogP contribution in [0.3, 0.4) is 0 Å². The molecular weight excluding hydrogens is 520 g/mol. The molecule has 0 atom stereocenters. The second kappa shape index (κ2) is 11.9. The minimum Gasteiger partial charge on any atom is -0.465 e. The number of aliphatic imine (C=N–C) groups is 1. The van der Waals surface area contributed by atoms with Gasteiger partial charge in [-0.3, -0.25) is 15.4 Å². The van der Waals surface area contributed by atoms with E-state index in [1.807, 2.05) is 0 Å². The third-order valence-corrected chi connectivity index (χ3v) is 4.74. The van der Waals surface area contributed by atoms with E-state index in [1.165, 1.54) is 19.2 Å². The molecule has 0 aliphatic carbocycles. The number of methoxy groups -OCH3 is 1. The summed E-state index contributed by atoms with van der Waals surface area (Å²) in [4.78, 5) is 53.6. The van der Waals surface area contributed by atoms with Gasteiger partial charge in [-0.2, -0.15) is 0 Å². The second-order valence-corrected chi connectivity index (χ2v) is 10.6. The van der Waals surface area contributed by atoms with Gasteiger partial charge in [-0.25, -0.2) is 19.4 Å². The number of guanidine groups is 1. The second-order valence-electron chi connectivity index (χ2n) is 10.6. The largest absolute Gasteiger partial charge is 0.465 e. The van der Waals surface area contributed by atoms with Crippen LogP contribution in [0.1, 0.15) is 62.5 Å². The zero-order valence-electron chi connectivity index (χ0n) is 23.3. The van der Waals surface area contributed by atoms with Gasteiger partial charge in [0.2, 0.25) is 5.96 Å². The maximum Gasteiger partial charge on any atom is 0.414 e. The van der Waals surface area contributed by atoms with E-state index in [0.29, 0.717) is 22.3 Å². The number of benzene rings is 2. The number of fused-ring (bicyclic) bond motifs is 1. The zero-order valence-corrected chi connectivity index (χ0v) is 23.3. The molecule has 212 valence electrons. The average molecular weight is 553 g/mol. The molecule has 3 N–H and O–H groups in total. The summed E-state index contributed by atoms with van der Waals surface area (Å²) in [5.74, 6) is -1.29. The highest BCUT2D eigenvalue weighted by molar-refractivity contribution is 6.06. The number of esters is 1. The number of nitrogens with one attached hydrogen (secondary N) is 3. The quantitative estimate of drug-likeness (QED) is 0.165. The van der Waals surface area contributed by atoms with Gasteiger partial charge in [0.1, 0.15) is 16.8 Å². The molecule has 12 heteroatoms. The fourth-order valence-corrected chi connectivity index (χ4v) is 3.26. The first-order valence-corrected chi connectivity index (χ1v) is 12.2. The lowest BCUT2D eigenvalue weighted by Crippen LogP contribution is -2.47. The number of furan rings is 1. The highest BCUT2D eigenvalue weighted by atomic mass is 16.6. The smallest absolute Gasteiger partial charge is 0.414 e. The Labute approximate surface area is 231 Å². The number of amides is 3. The standard InChI is InChI=1S/C28H32N4O8/c1-27(2,3)39-25(35)31-24(32-26(36)40-28(4,5)6)30-19-11-12-20-17(14-19)15-21(38-20)22(33)29-18-10-8-9-16(13-18)23(34)37-7/h8-15H,1-7H3,(H,29,33)(H2,30,31,32,35,36). The fourth-order valence-electron chi connectivity index (χ4n) is 3.26. The van der Waals surface area contributed by atoms with Crippen LogP contribution in [0, 0.1) is 0 Å². The predicted octanol–water partition coefficient (Wildman–Crippen LogP) is 5.51. The molecule has 0 unspecified atom stereocenters. The van der Waals surface area contributed by atoms with Crippen molar-refractivity contribution in [2.45, 2.75) is 52.7 Å². The van der Waals surface area contributed by atoms with Crippen LogP contribution in [-0.4, -0.2) is 48.3 Å². The van der Waals surface area contributed by atoms with Crippen LogP contribution in [-0.2, 0) is 14.2 Å². The summed E-state index contributed by atoms with van der Waals surface area (Å²) in [7, 11) is 1.27. The molecule has 0 saturated carbocycles. The summed E-state index contributed by atoms with van der Waals surface area (Å²) in [5.41, 5.74) is -0.182. The first kappa shape index (κ1) is 29.7. The van der Waals surface area contributed by atoms with E-state index in [4.69, 9.17) is 18.6 Å². The Morgan fingerprint density at radius 3 is 2.02 bits per heavy atom. The number of hydrogen-bond acceptors (Lipinski definition) is 9. The third kappa shape index (κ3) is 8.86. The molecule has 0 aliphatic heterocycles. The number of carbonyl (C=O) groups is 4. The SMILES string of the molecule is COC(=O)c1cccc(NC(=O)c2cc3cc(N=C(NC(=O)OC(C)(C)C)NC(=O)OC(C)(C)C)ccc3o2)c1. The maximum absolute atomic E-state index is 12.8. The normalized spacial score (nSPS) is 11.3. The molecule has 3 rings (SSSR count). The lowest BCUT2D eigenvalue weighted by atomic mass is 10.2. The molecule has 0 saturated heterocycles. The zero-order chi connectivity index (χ0) is 29.7. The minimum atomic E-state index is -0.832. The number of anilines is 1. The van der Waals surface area contributed by atoms with Crippen LogP contribution in [0.2, 0.25) is 0 Å². The van der Waals surface area contributed by atoms with Gasteiger partial charge in [-0.15, -0.1) is 0 Å². The van der Waals surface area contributed by atoms with Crippen molar-refractivity contribution in [3.05, 3.63) is 59.9 Å². The van der Waals surface area contributed by atoms with E-state index < -0.39 is 35.3 Å². The lowest BCUT2D eigenvalue weighted by Gasteiger charge is -2.22. The van der Waals surface area contributed by atoms with E-state index in [-0.39, 0.29) is 17.3 Å². The van der Waals surface area contributed by atoms with Crippen LogP contribution in [0.15, 0.2) is 57.9 Å². The third-order valence-electron chi connectivity index (χ3n) is 4.74. The number of hydrogen-bond donors (Lipinski definition) is 3. The van der Waals surface area contributed by atoms with Gasteiger partial charge in [0.15, 0.2) is 5.76 Å². The average Bonchev–Trinajstić information content (AvgIpc) is 3.25. The predicted molar refractivity (Wildman–Crippen MR) is 148 cm³/mol. The number of alkyl carbamates (subject to hydrolysis) is 2. The van der Waals surface area contributed by atoms with E-state index in [1.54, 1.807) is 77.9 Å². The fraction of sp³-hybridized carbons (Fsp3) is 0.321. The van der Waals surface area contributed by atoms with Crippen molar-refractivity contribution in [1.82, 2.24) is 10.6 Å². The van der Waals surface area contributed by atoms with Gasteiger partial charge in [-0.05, 0) is 84.0 Å². The van der Waals surface area contributed by atoms with E-state index in [0.717, 1.165) is 0 Å². The van der Waals surface area contributed by atoms with E-state index in [2.05, 4.69) is 20.9 Å². The molecule has 0 spiro atoms. The molecule has 1 aromatic heterocycles. The van der Waals surface area contributed by atoms with Crippen molar-refractivity contribution in [2.75, 3.05) is 12.4 Å². The van der Waals surface area contributed by atoms with Crippen molar-refractivity contribution >= 4 is 52.4 Å². The molecule has 0 radical (unpaired) electrons. The van der Waals surface area contributed by atoms with Crippen LogP contribution in [0.25, 0.3) is 11.0 Å². The van der Waals surface area contributed by atoms with Crippen LogP contribution < -0.4 is 16.0 Å². The van der Waals surface area contributed by atoms with E-state index in [9.17, 15) is 19.2 Å². The lowest BCUT2D eigenvalue weighted by molar-refractivity contribution is 0.0541. The van der Waals surface area contributed by atoms with Crippen molar-refractivity contribution < 1.29 is 37.8 Å². The Balaban J connectivity index is 1.84. The van der Waals surface area contributed by atoms with Gasteiger partial charge < -0.3 is 23.9 Å². The summed E-state index contributed by atoms with van der Waals surface area (Å²) in [6.07, 6.45) is -1.66. The summed E-state index contributed by atoms with van der Waals surface area (Å²) in [5, 5.41) is 8.03. The monoisotopic (exact) mass is 552 g/mol. The molecule has 0 aliphatic rings. The highest BCUT2D eigenvalue weighted by Crippen LogP contribution is 2.25. The van der Waals surface area contributed by atoms with Gasteiger partial charge >= 0.3 is 18.2 Å². The van der Waals surface area contributed by atoms with Crippen LogP contribution in [0.5, 0.6) is 0 Å². The van der Waals surface area contributed by atoms with Gasteiger partial charge in [0, 0.05) is 11.1 Å². The van der Waals surface area contributed by atoms with Crippen LogP contribution >= 0.6 is 0 Å². The molecule has 12 nitrogen and oxygen atoms in total. The van der Waals surface area contributed by atoms with Gasteiger partial charge in [0.25, 0.3) is 5.91 Å². The summed E-state index contributed by atoms with van der Waals surface area (Å²) in [6, 6.07) is 12.5. The Hall–Kier alpha value is -4.87. The number of rotatable bonds is 4. The molecular formula is C28H32N4O8. The van der Waals surface area contributed by atoms with Gasteiger partial charge in [0.05, 0.1) is 18.4 Å². The minimum absolute atomic E-state index is 0.0126. The Kier molecular flexibility index (Phi) is 8.82. The number of carbonyl (C=O) groups excluding carboxylic acids is 4. The van der Waals surface area contributed by atoms with E-state index >= 15 is 0 Å². The highest BCUT2D eigenvalue weighted by Gasteiger charge is 2.22. The van der Waals surface area contributed by atoms with Crippen molar-refractivity contribution in [3.8, 4) is 0 Å². The molecule has 2 aromatic carbocycles. The summed E-state index contributed by atoms with van der Waals surface area (Å²) < 4.78 is 20.9. The topological polar surface area (TPSA) is 158 Å². The Bertz CT molecular complexity index is 1430. The number of ether oxygens (including phenoxy) is 3. The molecule has 0 fully saturated rings. The summed E-state index contributed by atoms with van der Waals surface area (Å²) in [6.45, 7) is 10.2. The molecule has 3 amide bonds. The number of nitrogens with zero attached hydrogens (tertiary/aromatic N) is 1. The maximum atomic E-state index is 12.8. The van der Waals surface area contributed by atoms with Crippen molar-refractivity contribution in [3.63, 3.8) is 0 Å². The molecule has 0 bridgehead atoms. The van der Waals surface area contributed by atoms with Gasteiger partial charge in [-0.1, -0.05) is 6.07 Å². The first-order chi connectivity index (χ1) is 18.6. The van der Waals surface area contributed by atoms with Crippen LogP contribution in [0.4, 0.5) is 21.0 Å². The summed E-state index contributed by atoms with van der Waals surface area (Å²) >= 11 is 0. The molecule has 40 heavy (non-hydrogen) atoms. The van der Waals surface area contributed by atoms with Crippen molar-refractivity contribution in [2.24, 2.45) is 4.99 Å². The Morgan fingerprint density at radius 1 is 0.825 bits per heavy atom. The molecule has 1 heterocycles. The first-order valence-electron chi connectivity index (χ1n) is 12.2. The molecule has 3 aromatic rings. The Morgan fingerprint density at radius 2 is 1.45 bits per heavy atom.